The van der Waals surface area contributed by atoms with E-state index in [1.165, 1.54) is 25.7 Å². The molecule has 0 aromatic rings. The first-order chi connectivity index (χ1) is 9.58. The lowest BCUT2D eigenvalue weighted by Crippen LogP contribution is -2.49. The molecule has 0 radical (unpaired) electrons. The van der Waals surface area contributed by atoms with Crippen molar-refractivity contribution >= 4 is 11.9 Å². The van der Waals surface area contributed by atoms with Gasteiger partial charge in [0.1, 0.15) is 0 Å². The molecule has 6 heteroatoms. The number of rotatable bonds is 6. The maximum Gasteiger partial charge on any atom is 0.318 e. The maximum absolute atomic E-state index is 11.5. The number of primary amides is 1. The lowest BCUT2D eigenvalue weighted by atomic mass is 9.97. The molecule has 0 aromatic carbocycles. The molecule has 2 aliphatic rings. The van der Waals surface area contributed by atoms with Crippen LogP contribution in [0.3, 0.4) is 0 Å². The summed E-state index contributed by atoms with van der Waals surface area (Å²) in [7, 11) is 0. The Balaban J connectivity index is 1.83. The molecular formula is C14H26N4O2. The van der Waals surface area contributed by atoms with Crippen LogP contribution in [-0.4, -0.2) is 48.1 Å². The topological polar surface area (TPSA) is 87.5 Å². The van der Waals surface area contributed by atoms with Gasteiger partial charge in [-0.1, -0.05) is 6.92 Å². The zero-order chi connectivity index (χ0) is 14.5. The van der Waals surface area contributed by atoms with E-state index >= 15 is 0 Å². The third-order valence-electron chi connectivity index (χ3n) is 4.36. The predicted molar refractivity (Wildman–Crippen MR) is 77.2 cm³/mol. The molecule has 20 heavy (non-hydrogen) atoms. The van der Waals surface area contributed by atoms with Crippen molar-refractivity contribution in [1.29, 1.82) is 0 Å². The Morgan fingerprint density at radius 2 is 1.90 bits per heavy atom. The summed E-state index contributed by atoms with van der Waals surface area (Å²) in [5.74, 6) is -0.282. The van der Waals surface area contributed by atoms with Gasteiger partial charge in [-0.15, -0.1) is 0 Å². The number of piperidine rings is 1. The molecule has 2 bridgehead atoms. The number of carbonyl (C=O) groups is 2. The molecule has 2 unspecified atom stereocenters. The van der Waals surface area contributed by atoms with Gasteiger partial charge in [-0.3, -0.25) is 15.0 Å². The Hall–Kier alpha value is -1.14. The Morgan fingerprint density at radius 1 is 1.25 bits per heavy atom. The van der Waals surface area contributed by atoms with Crippen LogP contribution in [0.5, 0.6) is 0 Å². The zero-order valence-electron chi connectivity index (χ0n) is 12.2. The number of hydrogen-bond acceptors (Lipinski definition) is 4. The van der Waals surface area contributed by atoms with Gasteiger partial charge in [-0.25, -0.2) is 4.79 Å². The number of nitrogens with two attached hydrogens (primary N) is 1. The van der Waals surface area contributed by atoms with Crippen LogP contribution < -0.4 is 16.4 Å². The van der Waals surface area contributed by atoms with E-state index in [4.69, 9.17) is 5.73 Å². The van der Waals surface area contributed by atoms with Gasteiger partial charge in [0.05, 0.1) is 0 Å². The molecule has 2 atom stereocenters. The van der Waals surface area contributed by atoms with Crippen molar-refractivity contribution in [2.75, 3.05) is 13.1 Å². The number of urea groups is 1. The number of hydrogen-bond donors (Lipinski definition) is 3. The fourth-order valence-electron chi connectivity index (χ4n) is 3.53. The van der Waals surface area contributed by atoms with E-state index in [0.29, 0.717) is 31.1 Å². The predicted octanol–water partition coefficient (Wildman–Crippen LogP) is 0.566. The number of carbonyl (C=O) groups excluding carboxylic acids is 2. The van der Waals surface area contributed by atoms with Crippen molar-refractivity contribution in [3.8, 4) is 0 Å². The molecule has 0 aliphatic carbocycles. The monoisotopic (exact) mass is 282 g/mol. The van der Waals surface area contributed by atoms with E-state index in [-0.39, 0.29) is 5.91 Å². The summed E-state index contributed by atoms with van der Waals surface area (Å²) >= 11 is 0. The van der Waals surface area contributed by atoms with Crippen LogP contribution in [0.2, 0.25) is 0 Å². The Kier molecular flexibility index (Phi) is 5.37. The molecule has 114 valence electrons. The summed E-state index contributed by atoms with van der Waals surface area (Å²) in [5, 5.41) is 5.78. The SMILES string of the molecule is CCCN(CCC(=O)NC(N)=O)C1CC2CCC(C1)N2. The first kappa shape index (κ1) is 15.3. The van der Waals surface area contributed by atoms with Gasteiger partial charge < -0.3 is 11.1 Å². The summed E-state index contributed by atoms with van der Waals surface area (Å²) in [6, 6.07) is 1.10. The second kappa shape index (κ2) is 7.04. The van der Waals surface area contributed by atoms with Gasteiger partial charge in [0.15, 0.2) is 0 Å². The van der Waals surface area contributed by atoms with Gasteiger partial charge in [-0.05, 0) is 38.6 Å². The van der Waals surface area contributed by atoms with Crippen molar-refractivity contribution in [2.45, 2.75) is 63.6 Å². The average molecular weight is 282 g/mol. The van der Waals surface area contributed by atoms with Crippen LogP contribution in [0.15, 0.2) is 0 Å². The lowest BCUT2D eigenvalue weighted by molar-refractivity contribution is -0.120. The van der Waals surface area contributed by atoms with E-state index < -0.39 is 6.03 Å². The van der Waals surface area contributed by atoms with Gasteiger partial charge in [0.25, 0.3) is 0 Å². The third kappa shape index (κ3) is 4.18. The quantitative estimate of drug-likeness (QED) is 0.664. The van der Waals surface area contributed by atoms with E-state index in [2.05, 4.69) is 22.5 Å². The average Bonchev–Trinajstić information content (AvgIpc) is 2.72. The molecule has 2 aliphatic heterocycles. The van der Waals surface area contributed by atoms with Gasteiger partial charge in [0, 0.05) is 31.1 Å². The number of imide groups is 1. The zero-order valence-corrected chi connectivity index (χ0v) is 12.2. The molecule has 2 heterocycles. The Labute approximate surface area is 120 Å². The molecule has 0 spiro atoms. The smallest absolute Gasteiger partial charge is 0.318 e. The minimum Gasteiger partial charge on any atom is -0.351 e. The third-order valence-corrected chi connectivity index (χ3v) is 4.36. The summed E-state index contributed by atoms with van der Waals surface area (Å²) in [5.41, 5.74) is 4.95. The second-order valence-corrected chi connectivity index (χ2v) is 5.96. The summed E-state index contributed by atoms with van der Waals surface area (Å²) in [6.07, 6.45) is 6.33. The molecule has 0 aromatic heterocycles. The molecule has 2 rings (SSSR count). The van der Waals surface area contributed by atoms with Gasteiger partial charge in [0.2, 0.25) is 5.91 Å². The number of nitrogens with zero attached hydrogens (tertiary/aromatic N) is 1. The summed E-state index contributed by atoms with van der Waals surface area (Å²) < 4.78 is 0. The molecule has 4 N–H and O–H groups in total. The molecule has 6 nitrogen and oxygen atoms in total. The second-order valence-electron chi connectivity index (χ2n) is 5.96. The van der Waals surface area contributed by atoms with Crippen molar-refractivity contribution in [3.05, 3.63) is 0 Å². The first-order valence-electron chi connectivity index (χ1n) is 7.68. The number of fused-ring (bicyclic) bond motifs is 2. The van der Waals surface area contributed by atoms with Crippen LogP contribution >= 0.6 is 0 Å². The van der Waals surface area contributed by atoms with E-state index in [9.17, 15) is 9.59 Å². The van der Waals surface area contributed by atoms with Crippen molar-refractivity contribution < 1.29 is 9.59 Å². The first-order valence-corrected chi connectivity index (χ1v) is 7.68. The highest BCUT2D eigenvalue weighted by Gasteiger charge is 2.35. The fraction of sp³-hybridized carbons (Fsp3) is 0.857. The van der Waals surface area contributed by atoms with Crippen LogP contribution in [0.4, 0.5) is 4.79 Å². The lowest BCUT2D eigenvalue weighted by Gasteiger charge is -2.37. The van der Waals surface area contributed by atoms with Crippen LogP contribution in [0.1, 0.15) is 45.4 Å². The minimum atomic E-state index is -0.767. The van der Waals surface area contributed by atoms with Crippen molar-refractivity contribution in [2.24, 2.45) is 5.73 Å². The fourth-order valence-corrected chi connectivity index (χ4v) is 3.53. The standard InChI is InChI=1S/C14H26N4O2/c1-2-6-18(7-5-13(19)17-14(15)20)12-8-10-3-4-11(9-12)16-10/h10-12,16H,2-9H2,1H3,(H3,15,17,19,20). The van der Waals surface area contributed by atoms with E-state index in [1.54, 1.807) is 0 Å². The van der Waals surface area contributed by atoms with Crippen molar-refractivity contribution in [1.82, 2.24) is 15.5 Å². The van der Waals surface area contributed by atoms with E-state index in [1.807, 2.05) is 0 Å². The Bertz CT molecular complexity index is 349. The van der Waals surface area contributed by atoms with Gasteiger partial charge >= 0.3 is 6.03 Å². The molecule has 3 amide bonds. The highest BCUT2D eigenvalue weighted by atomic mass is 16.2. The molecular weight excluding hydrogens is 256 g/mol. The largest absolute Gasteiger partial charge is 0.351 e. The summed E-state index contributed by atoms with van der Waals surface area (Å²) in [6.45, 7) is 3.87. The van der Waals surface area contributed by atoms with Crippen LogP contribution in [-0.2, 0) is 4.79 Å². The number of nitrogens with one attached hydrogen (secondary N) is 2. The van der Waals surface area contributed by atoms with Crippen LogP contribution in [0, 0.1) is 0 Å². The molecule has 0 saturated carbocycles. The molecule has 2 fully saturated rings. The minimum absolute atomic E-state index is 0.282. The highest BCUT2D eigenvalue weighted by molar-refractivity contribution is 5.93. The maximum atomic E-state index is 11.5. The molecule has 2 saturated heterocycles. The van der Waals surface area contributed by atoms with Crippen LogP contribution in [0.25, 0.3) is 0 Å². The Morgan fingerprint density at radius 3 is 2.45 bits per heavy atom. The van der Waals surface area contributed by atoms with Crippen molar-refractivity contribution in [3.63, 3.8) is 0 Å². The highest BCUT2D eigenvalue weighted by Crippen LogP contribution is 2.29. The normalized spacial score (nSPS) is 28.6. The van der Waals surface area contributed by atoms with Gasteiger partial charge in [-0.2, -0.15) is 0 Å². The summed E-state index contributed by atoms with van der Waals surface area (Å²) in [4.78, 5) is 24.6. The van der Waals surface area contributed by atoms with E-state index in [0.717, 1.165) is 13.0 Å². The number of amides is 3.